The van der Waals surface area contributed by atoms with Gasteiger partial charge in [0, 0.05) is 11.9 Å². The van der Waals surface area contributed by atoms with Gasteiger partial charge in [-0.05, 0) is 37.3 Å². The van der Waals surface area contributed by atoms with Crippen molar-refractivity contribution in [3.63, 3.8) is 0 Å². The average molecular weight is 284 g/mol. The molecule has 0 aliphatic carbocycles. The summed E-state index contributed by atoms with van der Waals surface area (Å²) in [5.74, 6) is -1.28. The van der Waals surface area contributed by atoms with Crippen molar-refractivity contribution in [2.24, 2.45) is 0 Å². The quantitative estimate of drug-likeness (QED) is 0.844. The molecule has 2 aromatic rings. The maximum absolute atomic E-state index is 13.2. The number of anilines is 1. The summed E-state index contributed by atoms with van der Waals surface area (Å²) in [7, 11) is 0. The topological polar surface area (TPSA) is 24.9 Å². The second kappa shape index (κ2) is 5.48. The third-order valence-electron chi connectivity index (χ3n) is 2.79. The largest absolute Gasteiger partial charge is 0.419 e. The minimum Gasteiger partial charge on any atom is -0.377 e. The normalized spacial score (nSPS) is 13.1. The number of alkyl halides is 3. The molecule has 0 bridgehead atoms. The van der Waals surface area contributed by atoms with Crippen LogP contribution in [0.25, 0.3) is 0 Å². The molecule has 0 amide bonds. The van der Waals surface area contributed by atoms with Gasteiger partial charge >= 0.3 is 6.18 Å². The standard InChI is InChI=1S/C14H12F4N2/c1-9(13-4-2-3-7-19-13)20-10-5-6-12(15)11(8-10)14(16,17)18/h2-9,20H,1H3. The van der Waals surface area contributed by atoms with Crippen LogP contribution in [0.4, 0.5) is 23.2 Å². The fourth-order valence-electron chi connectivity index (χ4n) is 1.79. The molecule has 2 rings (SSSR count). The van der Waals surface area contributed by atoms with Crippen LogP contribution < -0.4 is 5.32 Å². The molecule has 0 saturated carbocycles. The predicted molar refractivity (Wildman–Crippen MR) is 67.7 cm³/mol. The zero-order valence-corrected chi connectivity index (χ0v) is 10.6. The summed E-state index contributed by atoms with van der Waals surface area (Å²) in [6.07, 6.45) is -3.12. The molecule has 0 aliphatic rings. The molecule has 20 heavy (non-hydrogen) atoms. The number of benzene rings is 1. The van der Waals surface area contributed by atoms with Crippen molar-refractivity contribution in [3.05, 3.63) is 59.7 Å². The molecule has 1 aromatic heterocycles. The second-order valence-corrected chi connectivity index (χ2v) is 4.31. The molecule has 1 unspecified atom stereocenters. The Kier molecular flexibility index (Phi) is 3.92. The van der Waals surface area contributed by atoms with Gasteiger partial charge in [-0.2, -0.15) is 13.2 Å². The van der Waals surface area contributed by atoms with Crippen molar-refractivity contribution in [2.45, 2.75) is 19.1 Å². The number of hydrogen-bond acceptors (Lipinski definition) is 2. The van der Waals surface area contributed by atoms with Crippen LogP contribution in [0.3, 0.4) is 0 Å². The number of halogens is 4. The summed E-state index contributed by atoms with van der Waals surface area (Å²) >= 11 is 0. The smallest absolute Gasteiger partial charge is 0.377 e. The van der Waals surface area contributed by atoms with E-state index in [1.54, 1.807) is 31.3 Å². The lowest BCUT2D eigenvalue weighted by atomic mass is 10.1. The van der Waals surface area contributed by atoms with Crippen molar-refractivity contribution < 1.29 is 17.6 Å². The molecule has 106 valence electrons. The summed E-state index contributed by atoms with van der Waals surface area (Å²) < 4.78 is 51.0. The van der Waals surface area contributed by atoms with Gasteiger partial charge < -0.3 is 5.32 Å². The van der Waals surface area contributed by atoms with Crippen LogP contribution in [0.1, 0.15) is 24.2 Å². The highest BCUT2D eigenvalue weighted by molar-refractivity contribution is 5.48. The molecular weight excluding hydrogens is 272 g/mol. The van der Waals surface area contributed by atoms with Gasteiger partial charge in [-0.25, -0.2) is 4.39 Å². The number of hydrogen-bond donors (Lipinski definition) is 1. The Balaban J connectivity index is 2.22. The van der Waals surface area contributed by atoms with Gasteiger partial charge in [0.05, 0.1) is 17.3 Å². The van der Waals surface area contributed by atoms with Gasteiger partial charge in [0.2, 0.25) is 0 Å². The molecule has 2 nitrogen and oxygen atoms in total. The minimum absolute atomic E-state index is 0.192. The van der Waals surface area contributed by atoms with Crippen LogP contribution in [0, 0.1) is 5.82 Å². The zero-order valence-electron chi connectivity index (χ0n) is 10.6. The molecular formula is C14H12F4N2. The van der Waals surface area contributed by atoms with Crippen LogP contribution >= 0.6 is 0 Å². The Morgan fingerprint density at radius 1 is 1.15 bits per heavy atom. The number of nitrogens with one attached hydrogen (secondary N) is 1. The van der Waals surface area contributed by atoms with E-state index in [9.17, 15) is 17.6 Å². The molecule has 1 aromatic carbocycles. The van der Waals surface area contributed by atoms with Gasteiger partial charge in [-0.1, -0.05) is 6.07 Å². The van der Waals surface area contributed by atoms with E-state index in [0.29, 0.717) is 5.69 Å². The van der Waals surface area contributed by atoms with Gasteiger partial charge in [0.1, 0.15) is 5.82 Å². The first-order valence-corrected chi connectivity index (χ1v) is 5.92. The van der Waals surface area contributed by atoms with Crippen molar-refractivity contribution in [3.8, 4) is 0 Å². The molecule has 0 spiro atoms. The first-order chi connectivity index (χ1) is 9.38. The number of aromatic nitrogens is 1. The maximum Gasteiger partial charge on any atom is 0.419 e. The van der Waals surface area contributed by atoms with Crippen LogP contribution in [0.5, 0.6) is 0 Å². The molecule has 1 atom stereocenters. The summed E-state index contributed by atoms with van der Waals surface area (Å²) in [6.45, 7) is 1.76. The minimum atomic E-state index is -4.71. The van der Waals surface area contributed by atoms with Crippen LogP contribution in [-0.4, -0.2) is 4.98 Å². The summed E-state index contributed by atoms with van der Waals surface area (Å²) in [6, 6.07) is 7.83. The highest BCUT2D eigenvalue weighted by atomic mass is 19.4. The van der Waals surface area contributed by atoms with E-state index in [1.165, 1.54) is 6.07 Å². The van der Waals surface area contributed by atoms with Crippen LogP contribution in [0.15, 0.2) is 42.6 Å². The third kappa shape index (κ3) is 3.26. The van der Waals surface area contributed by atoms with Crippen molar-refractivity contribution in [1.29, 1.82) is 0 Å². The lowest BCUT2D eigenvalue weighted by molar-refractivity contribution is -0.139. The van der Waals surface area contributed by atoms with Crippen molar-refractivity contribution >= 4 is 5.69 Å². The summed E-state index contributed by atoms with van der Waals surface area (Å²) in [5.41, 5.74) is -0.405. The van der Waals surface area contributed by atoms with Gasteiger partial charge in [-0.15, -0.1) is 0 Å². The Morgan fingerprint density at radius 3 is 2.50 bits per heavy atom. The van der Waals surface area contributed by atoms with Crippen LogP contribution in [0.2, 0.25) is 0 Å². The van der Waals surface area contributed by atoms with Crippen molar-refractivity contribution in [2.75, 3.05) is 5.32 Å². The fraction of sp³-hybridized carbons (Fsp3) is 0.214. The van der Waals surface area contributed by atoms with Gasteiger partial charge in [0.25, 0.3) is 0 Å². The molecule has 6 heteroatoms. The summed E-state index contributed by atoms with van der Waals surface area (Å²) in [5, 5.41) is 2.87. The average Bonchev–Trinajstić information content (AvgIpc) is 2.40. The predicted octanol–water partition coefficient (Wildman–Crippen LogP) is 4.41. The van der Waals surface area contributed by atoms with E-state index in [2.05, 4.69) is 10.3 Å². The van der Waals surface area contributed by atoms with Gasteiger partial charge in [0.15, 0.2) is 0 Å². The summed E-state index contributed by atoms with van der Waals surface area (Å²) in [4.78, 5) is 4.10. The monoisotopic (exact) mass is 284 g/mol. The number of nitrogens with zero attached hydrogens (tertiary/aromatic N) is 1. The Hall–Kier alpha value is -2.11. The number of pyridine rings is 1. The Morgan fingerprint density at radius 2 is 1.90 bits per heavy atom. The lowest BCUT2D eigenvalue weighted by Crippen LogP contribution is -2.12. The van der Waals surface area contributed by atoms with E-state index in [0.717, 1.165) is 12.1 Å². The Labute approximate surface area is 113 Å². The molecule has 1 N–H and O–H groups in total. The third-order valence-corrected chi connectivity index (χ3v) is 2.79. The SMILES string of the molecule is CC(Nc1ccc(F)c(C(F)(F)F)c1)c1ccccn1. The molecule has 0 radical (unpaired) electrons. The lowest BCUT2D eigenvalue weighted by Gasteiger charge is -2.16. The van der Waals surface area contributed by atoms with Crippen LogP contribution in [-0.2, 0) is 6.18 Å². The maximum atomic E-state index is 13.2. The van der Waals surface area contributed by atoms with E-state index in [4.69, 9.17) is 0 Å². The molecule has 0 fully saturated rings. The molecule has 0 aliphatic heterocycles. The van der Waals surface area contributed by atoms with Gasteiger partial charge in [-0.3, -0.25) is 4.98 Å². The second-order valence-electron chi connectivity index (χ2n) is 4.31. The highest BCUT2D eigenvalue weighted by Crippen LogP contribution is 2.33. The van der Waals surface area contributed by atoms with E-state index < -0.39 is 17.6 Å². The molecule has 0 saturated heterocycles. The number of rotatable bonds is 3. The Bertz CT molecular complexity index is 581. The van der Waals surface area contributed by atoms with E-state index in [-0.39, 0.29) is 11.7 Å². The molecule has 1 heterocycles. The fourth-order valence-corrected chi connectivity index (χ4v) is 1.79. The van der Waals surface area contributed by atoms with E-state index >= 15 is 0 Å². The van der Waals surface area contributed by atoms with E-state index in [1.807, 2.05) is 0 Å². The van der Waals surface area contributed by atoms with Crippen molar-refractivity contribution in [1.82, 2.24) is 4.98 Å². The first kappa shape index (κ1) is 14.3. The first-order valence-electron chi connectivity index (χ1n) is 5.92. The highest BCUT2D eigenvalue weighted by Gasteiger charge is 2.34. The zero-order chi connectivity index (χ0) is 14.8.